The quantitative estimate of drug-likeness (QED) is 0.688. The monoisotopic (exact) mass is 395 g/mol. The number of nitrogens with one attached hydrogen (secondary N) is 1. The summed E-state index contributed by atoms with van der Waals surface area (Å²) < 4.78 is 27.3. The average molecular weight is 395 g/mol. The zero-order chi connectivity index (χ0) is 21.4. The molecule has 2 heterocycles. The fourth-order valence-corrected chi connectivity index (χ4v) is 2.41. The van der Waals surface area contributed by atoms with Gasteiger partial charge in [-0.25, -0.2) is 4.98 Å². The highest BCUT2D eigenvalue weighted by Gasteiger charge is 2.32. The van der Waals surface area contributed by atoms with Gasteiger partial charge in [-0.05, 0) is 37.3 Å². The molecule has 6 nitrogen and oxygen atoms in total. The first-order valence-corrected chi connectivity index (χ1v) is 8.66. The Bertz CT molecular complexity index is 1060. The van der Waals surface area contributed by atoms with E-state index in [1.165, 1.54) is 0 Å². The highest BCUT2D eigenvalue weighted by molar-refractivity contribution is 5.83. The zero-order valence-electron chi connectivity index (χ0n) is 15.9. The number of nitriles is 1. The molecule has 0 saturated carbocycles. The van der Waals surface area contributed by atoms with Crippen molar-refractivity contribution in [2.45, 2.75) is 32.4 Å². The van der Waals surface area contributed by atoms with Crippen LogP contribution in [0.4, 0.5) is 8.78 Å². The predicted octanol–water partition coefficient (Wildman–Crippen LogP) is 3.13. The molecule has 8 heteroatoms. The van der Waals surface area contributed by atoms with Crippen molar-refractivity contribution in [2.24, 2.45) is 0 Å². The molecule has 1 amide bonds. The molecule has 0 aliphatic carbocycles. The summed E-state index contributed by atoms with van der Waals surface area (Å²) >= 11 is 0. The van der Waals surface area contributed by atoms with Gasteiger partial charge in [0.2, 0.25) is 0 Å². The number of nitrogens with zero attached hydrogens (tertiary/aromatic N) is 4. The molecule has 1 N–H and O–H groups in total. The van der Waals surface area contributed by atoms with E-state index < -0.39 is 17.9 Å². The summed E-state index contributed by atoms with van der Waals surface area (Å²) in [5, 5.41) is 16.0. The van der Waals surface area contributed by atoms with Gasteiger partial charge in [0.15, 0.2) is 0 Å². The van der Waals surface area contributed by atoms with Crippen molar-refractivity contribution in [1.29, 1.82) is 5.26 Å². The number of halogens is 2. The van der Waals surface area contributed by atoms with Gasteiger partial charge in [0.05, 0.1) is 29.9 Å². The summed E-state index contributed by atoms with van der Waals surface area (Å²) in [6.45, 7) is 2.44. The van der Waals surface area contributed by atoms with Crippen molar-refractivity contribution in [1.82, 2.24) is 20.1 Å². The molecule has 1 atom stereocenters. The van der Waals surface area contributed by atoms with Gasteiger partial charge in [0, 0.05) is 24.5 Å². The number of benzene rings is 1. The minimum atomic E-state index is -3.40. The van der Waals surface area contributed by atoms with Gasteiger partial charge in [-0.1, -0.05) is 12.0 Å². The fourth-order valence-electron chi connectivity index (χ4n) is 2.41. The lowest BCUT2D eigenvalue weighted by Gasteiger charge is -2.17. The average Bonchev–Trinajstić information content (AvgIpc) is 3.10. The molecule has 2 aromatic heterocycles. The maximum atomic E-state index is 12.8. The SMILES string of the molecule is C#Cc1ccccn1.C[C@H](Cn1ncc2cc(C#N)ccc21)NC(=O)C(C)(F)F. The number of carbonyl (C=O) groups excluding carboxylic acids is 1. The number of carbonyl (C=O) groups is 1. The van der Waals surface area contributed by atoms with E-state index in [0.29, 0.717) is 18.2 Å². The molecule has 3 rings (SSSR count). The standard InChI is InChI=1S/C14H14F2N4O.C7H5N/c1-9(19-13(21)14(2,15)16)8-20-12-4-3-10(6-17)5-11(12)7-18-20;1-2-7-5-3-4-6-8-7/h3-5,7,9H,8H2,1-2H3,(H,19,21);1,3-6H/t9-;/m1./s1. The molecule has 0 aliphatic rings. The summed E-state index contributed by atoms with van der Waals surface area (Å²) in [5.74, 6) is -2.29. The van der Waals surface area contributed by atoms with E-state index >= 15 is 0 Å². The zero-order valence-corrected chi connectivity index (χ0v) is 15.9. The molecule has 0 fully saturated rings. The Labute approximate surface area is 167 Å². The molecule has 0 unspecified atom stereocenters. The summed E-state index contributed by atoms with van der Waals surface area (Å²) in [5.41, 5.74) is 1.99. The second-order valence-corrected chi connectivity index (χ2v) is 6.33. The molecule has 29 heavy (non-hydrogen) atoms. The van der Waals surface area contributed by atoms with Crippen LogP contribution in [0.1, 0.15) is 25.1 Å². The summed E-state index contributed by atoms with van der Waals surface area (Å²) in [6.07, 6.45) is 8.31. The van der Waals surface area contributed by atoms with Gasteiger partial charge in [0.1, 0.15) is 5.69 Å². The Balaban J connectivity index is 0.000000313. The number of hydrogen-bond donors (Lipinski definition) is 1. The van der Waals surface area contributed by atoms with Crippen LogP contribution in [0, 0.1) is 23.7 Å². The lowest BCUT2D eigenvalue weighted by molar-refractivity contribution is -0.143. The summed E-state index contributed by atoms with van der Waals surface area (Å²) in [4.78, 5) is 15.1. The Morgan fingerprint density at radius 1 is 1.38 bits per heavy atom. The minimum absolute atomic E-state index is 0.261. The van der Waals surface area contributed by atoms with E-state index in [-0.39, 0.29) is 6.54 Å². The topological polar surface area (TPSA) is 83.6 Å². The van der Waals surface area contributed by atoms with Crippen molar-refractivity contribution < 1.29 is 13.6 Å². The smallest absolute Gasteiger partial charge is 0.321 e. The maximum Gasteiger partial charge on any atom is 0.321 e. The van der Waals surface area contributed by atoms with Gasteiger partial charge in [0.25, 0.3) is 5.91 Å². The van der Waals surface area contributed by atoms with E-state index in [0.717, 1.165) is 10.9 Å². The number of amides is 1. The number of pyridine rings is 1. The molecule has 0 radical (unpaired) electrons. The minimum Gasteiger partial charge on any atom is -0.347 e. The number of aromatic nitrogens is 3. The second-order valence-electron chi connectivity index (χ2n) is 6.33. The molecular weight excluding hydrogens is 376 g/mol. The van der Waals surface area contributed by atoms with Crippen LogP contribution < -0.4 is 5.32 Å². The Hall–Kier alpha value is -3.78. The van der Waals surface area contributed by atoms with Crippen molar-refractivity contribution in [3.63, 3.8) is 0 Å². The van der Waals surface area contributed by atoms with Crippen molar-refractivity contribution in [2.75, 3.05) is 0 Å². The molecule has 0 bridgehead atoms. The maximum absolute atomic E-state index is 12.8. The van der Waals surface area contributed by atoms with Crippen LogP contribution in [0.25, 0.3) is 10.9 Å². The number of terminal acetylenes is 1. The second kappa shape index (κ2) is 9.43. The third kappa shape index (κ3) is 6.12. The number of alkyl halides is 2. The van der Waals surface area contributed by atoms with Crippen LogP contribution in [0.2, 0.25) is 0 Å². The third-order valence-electron chi connectivity index (χ3n) is 3.81. The molecule has 0 saturated heterocycles. The lowest BCUT2D eigenvalue weighted by Crippen LogP contribution is -2.44. The highest BCUT2D eigenvalue weighted by Crippen LogP contribution is 2.16. The first kappa shape index (κ1) is 21.5. The van der Waals surface area contributed by atoms with Crippen molar-refractivity contribution in [3.05, 3.63) is 60.0 Å². The Morgan fingerprint density at radius 3 is 2.69 bits per heavy atom. The molecule has 3 aromatic rings. The Morgan fingerprint density at radius 2 is 2.14 bits per heavy atom. The number of fused-ring (bicyclic) bond motifs is 1. The van der Waals surface area contributed by atoms with E-state index in [1.807, 2.05) is 18.2 Å². The van der Waals surface area contributed by atoms with Gasteiger partial charge < -0.3 is 5.32 Å². The largest absolute Gasteiger partial charge is 0.347 e. The fraction of sp³-hybridized carbons (Fsp3) is 0.238. The van der Waals surface area contributed by atoms with Gasteiger partial charge in [-0.2, -0.15) is 19.1 Å². The van der Waals surface area contributed by atoms with Crippen LogP contribution in [0.15, 0.2) is 48.8 Å². The third-order valence-corrected chi connectivity index (χ3v) is 3.81. The van der Waals surface area contributed by atoms with Gasteiger partial charge in [-0.3, -0.25) is 9.48 Å². The molecule has 148 valence electrons. The van der Waals surface area contributed by atoms with Crippen LogP contribution in [0.5, 0.6) is 0 Å². The van der Waals surface area contributed by atoms with Crippen molar-refractivity contribution in [3.8, 4) is 18.4 Å². The van der Waals surface area contributed by atoms with Crippen molar-refractivity contribution >= 4 is 16.8 Å². The Kier molecular flexibility index (Phi) is 6.99. The highest BCUT2D eigenvalue weighted by atomic mass is 19.3. The number of rotatable bonds is 4. The van der Waals surface area contributed by atoms with Crippen LogP contribution >= 0.6 is 0 Å². The number of hydrogen-bond acceptors (Lipinski definition) is 4. The summed E-state index contributed by atoms with van der Waals surface area (Å²) in [7, 11) is 0. The van der Waals surface area contributed by atoms with E-state index in [2.05, 4.69) is 21.3 Å². The van der Waals surface area contributed by atoms with E-state index in [1.54, 1.807) is 48.3 Å². The van der Waals surface area contributed by atoms with E-state index in [9.17, 15) is 13.6 Å². The van der Waals surface area contributed by atoms with Crippen LogP contribution in [-0.4, -0.2) is 32.6 Å². The van der Waals surface area contributed by atoms with Crippen LogP contribution in [0.3, 0.4) is 0 Å². The predicted molar refractivity (Wildman–Crippen MR) is 105 cm³/mol. The molecule has 0 spiro atoms. The lowest BCUT2D eigenvalue weighted by atomic mass is 10.2. The van der Waals surface area contributed by atoms with Crippen LogP contribution in [-0.2, 0) is 11.3 Å². The van der Waals surface area contributed by atoms with Gasteiger partial charge in [-0.15, -0.1) is 6.42 Å². The normalized spacial score (nSPS) is 11.5. The molecular formula is C21H19F2N5O. The molecule has 0 aliphatic heterocycles. The van der Waals surface area contributed by atoms with E-state index in [4.69, 9.17) is 11.7 Å². The van der Waals surface area contributed by atoms with Gasteiger partial charge >= 0.3 is 5.92 Å². The summed E-state index contributed by atoms with van der Waals surface area (Å²) in [6, 6.07) is 12.1. The first-order chi connectivity index (χ1) is 13.7. The first-order valence-electron chi connectivity index (χ1n) is 8.66. The molecule has 1 aromatic carbocycles.